The third-order valence-electron chi connectivity index (χ3n) is 6.07. The van der Waals surface area contributed by atoms with Gasteiger partial charge in [0, 0.05) is 24.3 Å². The highest BCUT2D eigenvalue weighted by Gasteiger charge is 2.14. The van der Waals surface area contributed by atoms with E-state index in [1.807, 2.05) is 79.0 Å². The number of aliphatic hydroxyl groups excluding tert-OH is 1. The van der Waals surface area contributed by atoms with Gasteiger partial charge in [0.15, 0.2) is 0 Å². The number of nitrogens with zero attached hydrogens (tertiary/aromatic N) is 1. The minimum absolute atomic E-state index is 0. The van der Waals surface area contributed by atoms with Crippen molar-refractivity contribution in [2.75, 3.05) is 18.4 Å². The largest absolute Gasteiger partial charge is 0.387 e. The SMILES string of the molecule is CC(c1ccccc1)c1c[nH]c(CC(=O)Nc2ccc(CCNC[C@H](O)c3ccccc3)cc2)n1.Cl.Cl. The average Bonchev–Trinajstić information content (AvgIpc) is 3.36. The third-order valence-corrected chi connectivity index (χ3v) is 6.07. The first-order chi connectivity index (χ1) is 17.1. The Hall–Kier alpha value is -3.16. The number of imidazole rings is 1. The number of benzene rings is 3. The van der Waals surface area contributed by atoms with E-state index in [9.17, 15) is 9.90 Å². The quantitative estimate of drug-likeness (QED) is 0.190. The number of carbonyl (C=O) groups excluding carboxylic acids is 1. The van der Waals surface area contributed by atoms with E-state index in [0.717, 1.165) is 35.5 Å². The number of halogens is 2. The van der Waals surface area contributed by atoms with Gasteiger partial charge in [0.2, 0.25) is 5.91 Å². The minimum Gasteiger partial charge on any atom is -0.387 e. The molecule has 1 aromatic heterocycles. The Kier molecular flexibility index (Phi) is 12.3. The molecule has 0 bridgehead atoms. The second-order valence-electron chi connectivity index (χ2n) is 8.71. The number of H-pyrrole nitrogens is 1. The fourth-order valence-electron chi connectivity index (χ4n) is 3.98. The number of amides is 1. The van der Waals surface area contributed by atoms with Gasteiger partial charge in [-0.15, -0.1) is 24.8 Å². The monoisotopic (exact) mass is 540 g/mol. The molecule has 1 heterocycles. The molecule has 6 nitrogen and oxygen atoms in total. The molecule has 0 aliphatic heterocycles. The van der Waals surface area contributed by atoms with Crippen molar-refractivity contribution in [1.82, 2.24) is 15.3 Å². The van der Waals surface area contributed by atoms with E-state index in [2.05, 4.69) is 39.7 Å². The molecule has 0 saturated carbocycles. The van der Waals surface area contributed by atoms with Crippen molar-refractivity contribution >= 4 is 36.4 Å². The Morgan fingerprint density at radius 1 is 0.919 bits per heavy atom. The number of aromatic amines is 1. The molecule has 0 saturated heterocycles. The summed E-state index contributed by atoms with van der Waals surface area (Å²) in [5.74, 6) is 0.705. The van der Waals surface area contributed by atoms with Gasteiger partial charge in [-0.1, -0.05) is 79.7 Å². The van der Waals surface area contributed by atoms with Crippen LogP contribution in [-0.4, -0.2) is 34.1 Å². The number of nitrogens with one attached hydrogen (secondary N) is 3. The molecule has 0 spiro atoms. The first-order valence-electron chi connectivity index (χ1n) is 12.0. The summed E-state index contributed by atoms with van der Waals surface area (Å²) in [6.07, 6.45) is 2.39. The van der Waals surface area contributed by atoms with E-state index in [1.54, 1.807) is 0 Å². The van der Waals surface area contributed by atoms with Gasteiger partial charge in [0.25, 0.3) is 0 Å². The lowest BCUT2D eigenvalue weighted by atomic mass is 9.99. The molecule has 1 amide bonds. The van der Waals surface area contributed by atoms with Crippen LogP contribution >= 0.6 is 24.8 Å². The number of aromatic nitrogens is 2. The van der Waals surface area contributed by atoms with E-state index in [-0.39, 0.29) is 43.1 Å². The van der Waals surface area contributed by atoms with Gasteiger partial charge in [0.1, 0.15) is 5.82 Å². The van der Waals surface area contributed by atoms with Gasteiger partial charge in [-0.2, -0.15) is 0 Å². The second kappa shape index (κ2) is 15.2. The summed E-state index contributed by atoms with van der Waals surface area (Å²) in [6, 6.07) is 27.7. The number of hydrogen-bond acceptors (Lipinski definition) is 4. The van der Waals surface area contributed by atoms with Crippen molar-refractivity contribution in [3.63, 3.8) is 0 Å². The van der Waals surface area contributed by atoms with E-state index in [1.165, 1.54) is 5.56 Å². The molecule has 0 fully saturated rings. The van der Waals surface area contributed by atoms with Crippen molar-refractivity contribution < 1.29 is 9.90 Å². The first kappa shape index (κ1) is 30.1. The Bertz CT molecular complexity index is 1200. The second-order valence-corrected chi connectivity index (χ2v) is 8.71. The summed E-state index contributed by atoms with van der Waals surface area (Å²) in [5.41, 5.74) is 4.95. The topological polar surface area (TPSA) is 90.0 Å². The minimum atomic E-state index is -0.513. The smallest absolute Gasteiger partial charge is 0.231 e. The van der Waals surface area contributed by atoms with E-state index < -0.39 is 6.10 Å². The highest BCUT2D eigenvalue weighted by atomic mass is 35.5. The normalized spacial score (nSPS) is 12.1. The maximum absolute atomic E-state index is 12.5. The maximum atomic E-state index is 12.5. The Balaban J connectivity index is 0.00000241. The summed E-state index contributed by atoms with van der Waals surface area (Å²) < 4.78 is 0. The molecule has 0 aliphatic carbocycles. The van der Waals surface area contributed by atoms with Crippen LogP contribution in [0.15, 0.2) is 91.1 Å². The molecule has 37 heavy (non-hydrogen) atoms. The Labute approximate surface area is 230 Å². The average molecular weight is 542 g/mol. The van der Waals surface area contributed by atoms with Crippen LogP contribution in [0.25, 0.3) is 0 Å². The summed E-state index contributed by atoms with van der Waals surface area (Å²) in [7, 11) is 0. The van der Waals surface area contributed by atoms with Crippen LogP contribution in [0.1, 0.15) is 47.2 Å². The lowest BCUT2D eigenvalue weighted by Crippen LogP contribution is -2.23. The maximum Gasteiger partial charge on any atom is 0.231 e. The van der Waals surface area contributed by atoms with Gasteiger partial charge in [0.05, 0.1) is 18.2 Å². The molecule has 0 aliphatic rings. The van der Waals surface area contributed by atoms with Gasteiger partial charge >= 0.3 is 0 Å². The van der Waals surface area contributed by atoms with Gasteiger partial charge in [-0.25, -0.2) is 4.98 Å². The van der Waals surface area contributed by atoms with Crippen molar-refractivity contribution in [1.29, 1.82) is 0 Å². The van der Waals surface area contributed by atoms with Gasteiger partial charge < -0.3 is 20.7 Å². The number of carbonyl (C=O) groups is 1. The molecule has 4 N–H and O–H groups in total. The first-order valence-corrected chi connectivity index (χ1v) is 12.0. The van der Waals surface area contributed by atoms with Crippen molar-refractivity contribution in [3.05, 3.63) is 119 Å². The zero-order chi connectivity index (χ0) is 24.5. The van der Waals surface area contributed by atoms with Crippen molar-refractivity contribution in [2.24, 2.45) is 0 Å². The highest BCUT2D eigenvalue weighted by Crippen LogP contribution is 2.22. The predicted octanol–water partition coefficient (Wildman–Crippen LogP) is 5.45. The molecule has 8 heteroatoms. The molecular weight excluding hydrogens is 507 g/mol. The molecule has 4 rings (SSSR count). The van der Waals surface area contributed by atoms with Crippen LogP contribution in [0.2, 0.25) is 0 Å². The molecule has 2 atom stereocenters. The zero-order valence-electron chi connectivity index (χ0n) is 20.8. The summed E-state index contributed by atoms with van der Waals surface area (Å²) in [5, 5.41) is 16.5. The molecule has 1 unspecified atom stereocenters. The number of anilines is 1. The lowest BCUT2D eigenvalue weighted by Gasteiger charge is -2.12. The van der Waals surface area contributed by atoms with E-state index in [0.29, 0.717) is 12.4 Å². The summed E-state index contributed by atoms with van der Waals surface area (Å²) >= 11 is 0. The number of aliphatic hydroxyl groups is 1. The number of rotatable bonds is 11. The predicted molar refractivity (Wildman–Crippen MR) is 154 cm³/mol. The van der Waals surface area contributed by atoms with Crippen LogP contribution in [-0.2, 0) is 17.6 Å². The fourth-order valence-corrected chi connectivity index (χ4v) is 3.98. The van der Waals surface area contributed by atoms with Crippen molar-refractivity contribution in [2.45, 2.75) is 31.8 Å². The van der Waals surface area contributed by atoms with E-state index in [4.69, 9.17) is 0 Å². The van der Waals surface area contributed by atoms with Crippen LogP contribution in [0.3, 0.4) is 0 Å². The summed E-state index contributed by atoms with van der Waals surface area (Å²) in [6.45, 7) is 3.38. The Morgan fingerprint density at radius 2 is 1.54 bits per heavy atom. The standard InChI is InChI=1S/C29H32N4O2.2ClH/c1-21(23-8-4-2-5-9-23)26-19-31-28(33-26)18-29(35)32-25-14-12-22(13-15-25)16-17-30-20-27(34)24-10-6-3-7-11-24;;/h2-15,19,21,27,30,34H,16-18,20H2,1H3,(H,31,33)(H,32,35);2*1H/t21?,27-;;/m0../s1. The van der Waals surface area contributed by atoms with Gasteiger partial charge in [-0.3, -0.25) is 4.79 Å². The molecule has 4 aromatic rings. The lowest BCUT2D eigenvalue weighted by molar-refractivity contribution is -0.115. The number of hydrogen-bond donors (Lipinski definition) is 4. The van der Waals surface area contributed by atoms with Crippen LogP contribution in [0.5, 0.6) is 0 Å². The van der Waals surface area contributed by atoms with Crippen LogP contribution in [0.4, 0.5) is 5.69 Å². The fraction of sp³-hybridized carbons (Fsp3) is 0.241. The molecule has 3 aromatic carbocycles. The van der Waals surface area contributed by atoms with Crippen molar-refractivity contribution in [3.8, 4) is 0 Å². The Morgan fingerprint density at radius 3 is 2.19 bits per heavy atom. The van der Waals surface area contributed by atoms with Crippen LogP contribution < -0.4 is 10.6 Å². The molecule has 0 radical (unpaired) electrons. The zero-order valence-corrected chi connectivity index (χ0v) is 22.4. The van der Waals surface area contributed by atoms with E-state index >= 15 is 0 Å². The van der Waals surface area contributed by atoms with Gasteiger partial charge in [-0.05, 0) is 41.8 Å². The summed E-state index contributed by atoms with van der Waals surface area (Å²) in [4.78, 5) is 20.2. The highest BCUT2D eigenvalue weighted by molar-refractivity contribution is 5.91. The van der Waals surface area contributed by atoms with Crippen LogP contribution in [0, 0.1) is 0 Å². The third kappa shape index (κ3) is 9.02. The molecular formula is C29H34Cl2N4O2. The molecule has 196 valence electrons.